The molecule has 2 aromatic heterocycles. The van der Waals surface area contributed by atoms with Crippen LogP contribution in [0.5, 0.6) is 0 Å². The largest absolute Gasteiger partial charge is 0.329 e. The molecule has 3 amide bonds. The van der Waals surface area contributed by atoms with Gasteiger partial charge in [0.25, 0.3) is 5.56 Å². The van der Waals surface area contributed by atoms with Crippen molar-refractivity contribution in [3.63, 3.8) is 0 Å². The predicted octanol–water partition coefficient (Wildman–Crippen LogP) is 4.15. The summed E-state index contributed by atoms with van der Waals surface area (Å²) in [7, 11) is 1.73. The normalized spacial score (nSPS) is 30.4. The van der Waals surface area contributed by atoms with E-state index in [0.717, 1.165) is 19.4 Å². The quantitative estimate of drug-likeness (QED) is 0.323. The number of carbonyl (C=O) groups excluding carboxylic acids is 2. The van der Waals surface area contributed by atoms with Gasteiger partial charge in [-0.05, 0) is 73.3 Å². The average molecular weight is 602 g/mol. The molecule has 4 aromatic rings. The van der Waals surface area contributed by atoms with Gasteiger partial charge in [0.15, 0.2) is 5.82 Å². The number of aromatic amines is 1. The lowest BCUT2D eigenvalue weighted by molar-refractivity contribution is -0.120. The zero-order valence-corrected chi connectivity index (χ0v) is 24.3. The van der Waals surface area contributed by atoms with Crippen molar-refractivity contribution in [2.75, 3.05) is 18.0 Å². The van der Waals surface area contributed by atoms with Crippen molar-refractivity contribution in [3.8, 4) is 0 Å². The van der Waals surface area contributed by atoms with Gasteiger partial charge in [0, 0.05) is 49.8 Å². The second kappa shape index (κ2) is 9.91. The number of H-pyrrole nitrogens is 1. The number of amides is 3. The summed E-state index contributed by atoms with van der Waals surface area (Å²) in [6, 6.07) is 9.93. The van der Waals surface area contributed by atoms with Crippen molar-refractivity contribution in [2.24, 2.45) is 18.4 Å². The van der Waals surface area contributed by atoms with Gasteiger partial charge in [0.05, 0.1) is 16.4 Å². The van der Waals surface area contributed by atoms with Gasteiger partial charge in [-0.3, -0.25) is 24.5 Å². The molecule has 4 fully saturated rings. The number of nitrogens with one attached hydrogen (secondary N) is 3. The van der Waals surface area contributed by atoms with Crippen LogP contribution in [0, 0.1) is 17.2 Å². The zero-order chi connectivity index (χ0) is 30.3. The first-order valence-electron chi connectivity index (χ1n) is 15.3. The van der Waals surface area contributed by atoms with E-state index >= 15 is 8.78 Å². The minimum Gasteiger partial charge on any atom is -0.312 e. The molecule has 3 N–H and O–H groups in total. The molecule has 4 unspecified atom stereocenters. The lowest BCUT2D eigenvalue weighted by atomic mass is 9.50. The number of hydrogen-bond donors (Lipinski definition) is 3. The van der Waals surface area contributed by atoms with Crippen LogP contribution >= 0.6 is 0 Å². The number of nitrogens with zero attached hydrogens (tertiary/aromatic N) is 4. The van der Waals surface area contributed by atoms with E-state index in [-0.39, 0.29) is 60.1 Å². The Kier molecular flexibility index (Phi) is 6.17. The molecule has 8 rings (SSSR count). The van der Waals surface area contributed by atoms with Gasteiger partial charge in [-0.15, -0.1) is 0 Å². The van der Waals surface area contributed by atoms with Crippen LogP contribution in [0.1, 0.15) is 61.7 Å². The van der Waals surface area contributed by atoms with Gasteiger partial charge in [0.1, 0.15) is 17.8 Å². The first kappa shape index (κ1) is 27.4. The average Bonchev–Trinajstić information content (AvgIpc) is 3.27. The topological polar surface area (TPSA) is 125 Å². The third kappa shape index (κ3) is 4.17. The van der Waals surface area contributed by atoms with Crippen LogP contribution in [-0.4, -0.2) is 57.0 Å². The Balaban J connectivity index is 0.970. The highest BCUT2D eigenvalue weighted by molar-refractivity contribution is 6.08. The Morgan fingerprint density at radius 2 is 1.86 bits per heavy atom. The Labute approximate surface area is 251 Å². The Morgan fingerprint density at radius 3 is 2.61 bits per heavy atom. The van der Waals surface area contributed by atoms with Crippen molar-refractivity contribution >= 4 is 39.6 Å². The molecule has 2 aliphatic heterocycles. The second-order valence-corrected chi connectivity index (χ2v) is 13.1. The SMILES string of the molecule is Cn1nc(N2CCC(=O)NC2=O)c2cc(F)c(C3CCC(C4NCC45CC(c4nc6ccccc6c(=O)[nH]4)C5)C(F)C3)cc21. The first-order valence-corrected chi connectivity index (χ1v) is 15.3. The van der Waals surface area contributed by atoms with E-state index in [2.05, 4.69) is 20.7 Å². The number of imide groups is 1. The highest BCUT2D eigenvalue weighted by atomic mass is 19.1. The molecule has 2 saturated heterocycles. The van der Waals surface area contributed by atoms with Gasteiger partial charge >= 0.3 is 6.03 Å². The number of alkyl halides is 1. The fourth-order valence-corrected chi connectivity index (χ4v) is 8.28. The molecule has 2 aromatic carbocycles. The van der Waals surface area contributed by atoms with Crippen LogP contribution in [0.25, 0.3) is 21.8 Å². The van der Waals surface area contributed by atoms with Gasteiger partial charge in [-0.25, -0.2) is 18.6 Å². The third-order valence-electron chi connectivity index (χ3n) is 10.6. The summed E-state index contributed by atoms with van der Waals surface area (Å²) >= 11 is 0. The minimum absolute atomic E-state index is 0.00263. The molecular formula is C32H33F2N7O3. The molecule has 10 nitrogen and oxygen atoms in total. The molecule has 4 heterocycles. The summed E-state index contributed by atoms with van der Waals surface area (Å²) in [5, 5.41) is 11.3. The van der Waals surface area contributed by atoms with Gasteiger partial charge < -0.3 is 10.3 Å². The van der Waals surface area contributed by atoms with Gasteiger partial charge in [0.2, 0.25) is 5.91 Å². The van der Waals surface area contributed by atoms with Crippen molar-refractivity contribution in [1.29, 1.82) is 0 Å². The first-order chi connectivity index (χ1) is 21.2. The van der Waals surface area contributed by atoms with Gasteiger partial charge in [-0.2, -0.15) is 5.10 Å². The number of aryl methyl sites for hydroxylation is 1. The van der Waals surface area contributed by atoms with Crippen LogP contribution in [0.3, 0.4) is 0 Å². The van der Waals surface area contributed by atoms with E-state index in [1.807, 2.05) is 18.2 Å². The number of halogens is 2. The molecule has 0 radical (unpaired) electrons. The fraction of sp³-hybridized carbons (Fsp3) is 0.469. The van der Waals surface area contributed by atoms with Crippen LogP contribution in [0.2, 0.25) is 0 Å². The number of fused-ring (bicyclic) bond motifs is 2. The highest BCUT2D eigenvalue weighted by Gasteiger charge is 2.59. The number of anilines is 1. The molecule has 4 aliphatic rings. The standard InChI is InChI=1S/C32H33F2N7O3/c1-40-25-12-20(23(34)11-21(25)29(39-40)41-9-8-26(42)37-31(41)44)16-6-7-18(22(33)10-16)27-32(15-35-27)13-17(14-32)28-36-24-5-3-2-4-19(24)30(43)38-28/h2-5,11-12,16-18,22,27,35H,6-10,13-15H2,1H3,(H,36,38,43)(H,37,42,44). The molecule has 0 bridgehead atoms. The maximum absolute atomic E-state index is 15.9. The molecule has 228 valence electrons. The lowest BCUT2D eigenvalue weighted by Crippen LogP contribution is -2.71. The fourth-order valence-electron chi connectivity index (χ4n) is 8.28. The number of urea groups is 1. The Hall–Kier alpha value is -4.19. The van der Waals surface area contributed by atoms with Crippen LogP contribution in [0.4, 0.5) is 19.4 Å². The van der Waals surface area contributed by atoms with E-state index in [0.29, 0.717) is 51.9 Å². The molecule has 2 saturated carbocycles. The predicted molar refractivity (Wildman–Crippen MR) is 160 cm³/mol. The van der Waals surface area contributed by atoms with Crippen molar-refractivity contribution in [3.05, 3.63) is 64.0 Å². The number of aromatic nitrogens is 4. The molecule has 1 spiro atoms. The summed E-state index contributed by atoms with van der Waals surface area (Å²) in [4.78, 5) is 45.6. The third-order valence-corrected chi connectivity index (χ3v) is 10.6. The number of hydrogen-bond acceptors (Lipinski definition) is 6. The van der Waals surface area contributed by atoms with E-state index < -0.39 is 18.0 Å². The lowest BCUT2D eigenvalue weighted by Gasteiger charge is -2.62. The second-order valence-electron chi connectivity index (χ2n) is 13.1. The summed E-state index contributed by atoms with van der Waals surface area (Å²) in [6.45, 7) is 0.998. The summed E-state index contributed by atoms with van der Waals surface area (Å²) in [5.41, 5.74) is 1.69. The summed E-state index contributed by atoms with van der Waals surface area (Å²) in [6.07, 6.45) is 2.34. The number of benzene rings is 2. The van der Waals surface area contributed by atoms with E-state index in [1.54, 1.807) is 23.9 Å². The Bertz CT molecular complexity index is 1900. The molecule has 2 aliphatic carbocycles. The highest BCUT2D eigenvalue weighted by Crippen LogP contribution is 2.59. The van der Waals surface area contributed by atoms with E-state index in [4.69, 9.17) is 4.98 Å². The van der Waals surface area contributed by atoms with E-state index in [9.17, 15) is 14.4 Å². The number of para-hydroxylation sites is 1. The van der Waals surface area contributed by atoms with Crippen LogP contribution in [0.15, 0.2) is 41.2 Å². The molecule has 12 heteroatoms. The van der Waals surface area contributed by atoms with Crippen molar-refractivity contribution in [1.82, 2.24) is 30.4 Å². The molecule has 44 heavy (non-hydrogen) atoms. The summed E-state index contributed by atoms with van der Waals surface area (Å²) < 4.78 is 33.2. The monoisotopic (exact) mass is 601 g/mol. The van der Waals surface area contributed by atoms with Crippen molar-refractivity contribution < 1.29 is 18.4 Å². The summed E-state index contributed by atoms with van der Waals surface area (Å²) in [5.74, 6) is -0.0517. The minimum atomic E-state index is -1.08. The maximum Gasteiger partial charge on any atom is 0.329 e. The van der Waals surface area contributed by atoms with Gasteiger partial charge in [-0.1, -0.05) is 12.1 Å². The van der Waals surface area contributed by atoms with E-state index in [1.165, 1.54) is 11.0 Å². The molecular weight excluding hydrogens is 568 g/mol. The maximum atomic E-state index is 15.9. The smallest absolute Gasteiger partial charge is 0.312 e. The van der Waals surface area contributed by atoms with Crippen LogP contribution in [-0.2, 0) is 11.8 Å². The molecule has 4 atom stereocenters. The number of rotatable bonds is 4. The zero-order valence-electron chi connectivity index (χ0n) is 24.3. The van der Waals surface area contributed by atoms with Crippen molar-refractivity contribution in [2.45, 2.75) is 62.6 Å². The number of carbonyl (C=O) groups is 2. The van der Waals surface area contributed by atoms with Crippen LogP contribution < -0.4 is 21.1 Å². The Morgan fingerprint density at radius 1 is 1.05 bits per heavy atom.